The molecule has 0 aromatic carbocycles. The summed E-state index contributed by atoms with van der Waals surface area (Å²) in [6, 6.07) is 0. The fourth-order valence-corrected chi connectivity index (χ4v) is 1.51. The zero-order chi connectivity index (χ0) is 8.97. The Hall–Kier alpha value is -0.510. The molecule has 4 heteroatoms. The second kappa shape index (κ2) is 4.50. The molecule has 0 atom stereocenters. The van der Waals surface area contributed by atoms with Crippen LogP contribution in [0.4, 0.5) is 8.78 Å². The van der Waals surface area contributed by atoms with Crippen LogP contribution in [0.3, 0.4) is 0 Å². The summed E-state index contributed by atoms with van der Waals surface area (Å²) in [5, 5.41) is 0. The maximum absolute atomic E-state index is 11.7. The number of ether oxygens (including phenoxy) is 1. The molecule has 1 fully saturated rings. The predicted molar refractivity (Wildman–Crippen MR) is 38.9 cm³/mol. The molecule has 0 amide bonds. The number of rotatable bonds is 3. The molecule has 12 heavy (non-hydrogen) atoms. The number of alkyl halides is 2. The zero-order valence-electron chi connectivity index (χ0n) is 6.71. The lowest BCUT2D eigenvalue weighted by Crippen LogP contribution is -2.24. The maximum atomic E-state index is 11.7. The van der Waals surface area contributed by atoms with Gasteiger partial charge in [0.25, 0.3) is 0 Å². The van der Waals surface area contributed by atoms with Gasteiger partial charge in [0.1, 0.15) is 6.29 Å². The second-order valence-corrected chi connectivity index (χ2v) is 3.07. The van der Waals surface area contributed by atoms with Crippen LogP contribution in [0.2, 0.25) is 0 Å². The van der Waals surface area contributed by atoms with Crippen LogP contribution in [0.1, 0.15) is 25.7 Å². The van der Waals surface area contributed by atoms with E-state index in [-0.39, 0.29) is 12.0 Å². The van der Waals surface area contributed by atoms with Crippen LogP contribution in [-0.2, 0) is 9.53 Å². The monoisotopic (exact) mass is 178 g/mol. The average Bonchev–Trinajstić information content (AvgIpc) is 2.05. The summed E-state index contributed by atoms with van der Waals surface area (Å²) in [5.74, 6) is 0.0579. The van der Waals surface area contributed by atoms with E-state index >= 15 is 0 Å². The summed E-state index contributed by atoms with van der Waals surface area (Å²) in [7, 11) is 0. The molecule has 0 saturated heterocycles. The molecule has 1 aliphatic rings. The minimum Gasteiger partial charge on any atom is -0.320 e. The summed E-state index contributed by atoms with van der Waals surface area (Å²) in [5.41, 5.74) is 0. The van der Waals surface area contributed by atoms with Crippen molar-refractivity contribution in [3.63, 3.8) is 0 Å². The minimum atomic E-state index is -2.68. The van der Waals surface area contributed by atoms with Gasteiger partial charge in [-0.2, -0.15) is 8.78 Å². The normalized spacial score (nSPS) is 30.6. The zero-order valence-corrected chi connectivity index (χ0v) is 6.71. The van der Waals surface area contributed by atoms with E-state index in [4.69, 9.17) is 0 Å². The molecule has 1 saturated carbocycles. The van der Waals surface area contributed by atoms with E-state index in [1.165, 1.54) is 0 Å². The summed E-state index contributed by atoms with van der Waals surface area (Å²) >= 11 is 0. The van der Waals surface area contributed by atoms with E-state index in [0.29, 0.717) is 25.7 Å². The molecular formula is C8H12F2O2. The molecule has 0 bridgehead atoms. The van der Waals surface area contributed by atoms with E-state index in [1.807, 2.05) is 0 Å². The fraction of sp³-hybridized carbons (Fsp3) is 0.875. The molecule has 0 heterocycles. The summed E-state index contributed by atoms with van der Waals surface area (Å²) in [6.45, 7) is -2.68. The van der Waals surface area contributed by atoms with Crippen molar-refractivity contribution in [1.82, 2.24) is 0 Å². The standard InChI is InChI=1S/C8H12F2O2/c9-8(10)12-7-3-1-6(5-11)2-4-7/h5-8H,1-4H2. The Morgan fingerprint density at radius 3 is 2.25 bits per heavy atom. The highest BCUT2D eigenvalue weighted by atomic mass is 19.3. The average molecular weight is 178 g/mol. The molecule has 0 aromatic heterocycles. The Morgan fingerprint density at radius 1 is 1.25 bits per heavy atom. The van der Waals surface area contributed by atoms with Crippen LogP contribution in [-0.4, -0.2) is 19.0 Å². The van der Waals surface area contributed by atoms with Crippen molar-refractivity contribution >= 4 is 6.29 Å². The molecule has 2 nitrogen and oxygen atoms in total. The number of halogens is 2. The van der Waals surface area contributed by atoms with E-state index in [9.17, 15) is 13.6 Å². The van der Waals surface area contributed by atoms with Gasteiger partial charge in [0.05, 0.1) is 6.10 Å². The van der Waals surface area contributed by atoms with Gasteiger partial charge in [0, 0.05) is 5.92 Å². The quantitative estimate of drug-likeness (QED) is 0.618. The van der Waals surface area contributed by atoms with Crippen LogP contribution in [0.5, 0.6) is 0 Å². The van der Waals surface area contributed by atoms with Crippen molar-refractivity contribution in [2.45, 2.75) is 38.4 Å². The highest BCUT2D eigenvalue weighted by Crippen LogP contribution is 2.25. The number of hydrogen-bond acceptors (Lipinski definition) is 2. The predicted octanol–water partition coefficient (Wildman–Crippen LogP) is 1.98. The summed E-state index contributed by atoms with van der Waals surface area (Å²) in [6.07, 6.45) is 3.07. The third kappa shape index (κ3) is 2.85. The summed E-state index contributed by atoms with van der Waals surface area (Å²) in [4.78, 5) is 10.3. The molecule has 0 aromatic rings. The first kappa shape index (κ1) is 9.58. The first-order valence-electron chi connectivity index (χ1n) is 4.11. The van der Waals surface area contributed by atoms with E-state index in [0.717, 1.165) is 6.29 Å². The van der Waals surface area contributed by atoms with Gasteiger partial charge >= 0.3 is 6.61 Å². The SMILES string of the molecule is O=CC1CCC(OC(F)F)CC1. The minimum absolute atomic E-state index is 0.0579. The highest BCUT2D eigenvalue weighted by Gasteiger charge is 2.23. The van der Waals surface area contributed by atoms with Crippen molar-refractivity contribution in [2.75, 3.05) is 0 Å². The molecule has 0 aliphatic heterocycles. The van der Waals surface area contributed by atoms with Crippen molar-refractivity contribution in [3.8, 4) is 0 Å². The summed E-state index contributed by atoms with van der Waals surface area (Å²) < 4.78 is 27.7. The maximum Gasteiger partial charge on any atom is 0.345 e. The molecule has 0 unspecified atom stereocenters. The molecular weight excluding hydrogens is 166 g/mol. The second-order valence-electron chi connectivity index (χ2n) is 3.07. The van der Waals surface area contributed by atoms with Crippen LogP contribution in [0, 0.1) is 5.92 Å². The van der Waals surface area contributed by atoms with Gasteiger partial charge in [-0.1, -0.05) is 0 Å². The topological polar surface area (TPSA) is 26.3 Å². The van der Waals surface area contributed by atoms with Crippen molar-refractivity contribution in [3.05, 3.63) is 0 Å². The van der Waals surface area contributed by atoms with Crippen molar-refractivity contribution in [1.29, 1.82) is 0 Å². The lowest BCUT2D eigenvalue weighted by atomic mass is 9.88. The Bertz CT molecular complexity index is 142. The lowest BCUT2D eigenvalue weighted by molar-refractivity contribution is -0.171. The Kier molecular flexibility index (Phi) is 3.59. The van der Waals surface area contributed by atoms with Crippen LogP contribution < -0.4 is 0 Å². The molecule has 1 rings (SSSR count). The van der Waals surface area contributed by atoms with Gasteiger partial charge in [0.15, 0.2) is 0 Å². The van der Waals surface area contributed by atoms with Gasteiger partial charge in [-0.3, -0.25) is 0 Å². The van der Waals surface area contributed by atoms with Crippen molar-refractivity contribution in [2.24, 2.45) is 5.92 Å². The fourth-order valence-electron chi connectivity index (χ4n) is 1.51. The highest BCUT2D eigenvalue weighted by molar-refractivity contribution is 5.53. The lowest BCUT2D eigenvalue weighted by Gasteiger charge is -2.24. The van der Waals surface area contributed by atoms with Crippen molar-refractivity contribution < 1.29 is 18.3 Å². The smallest absolute Gasteiger partial charge is 0.320 e. The van der Waals surface area contributed by atoms with Gasteiger partial charge in [-0.05, 0) is 25.7 Å². The largest absolute Gasteiger partial charge is 0.345 e. The Labute approximate surface area is 69.9 Å². The van der Waals surface area contributed by atoms with Gasteiger partial charge < -0.3 is 9.53 Å². The number of hydrogen-bond donors (Lipinski definition) is 0. The first-order valence-corrected chi connectivity index (χ1v) is 4.11. The molecule has 0 spiro atoms. The van der Waals surface area contributed by atoms with E-state index in [1.54, 1.807) is 0 Å². The van der Waals surface area contributed by atoms with Gasteiger partial charge in [0.2, 0.25) is 0 Å². The number of carbonyl (C=O) groups is 1. The first-order chi connectivity index (χ1) is 5.72. The van der Waals surface area contributed by atoms with Gasteiger partial charge in [-0.15, -0.1) is 0 Å². The van der Waals surface area contributed by atoms with E-state index in [2.05, 4.69) is 4.74 Å². The number of carbonyl (C=O) groups excluding carboxylic acids is 1. The van der Waals surface area contributed by atoms with Crippen LogP contribution in [0.15, 0.2) is 0 Å². The third-order valence-corrected chi connectivity index (χ3v) is 2.21. The van der Waals surface area contributed by atoms with Gasteiger partial charge in [-0.25, -0.2) is 0 Å². The molecule has 0 N–H and O–H groups in total. The Balaban J connectivity index is 2.21. The number of aldehydes is 1. The molecule has 0 radical (unpaired) electrons. The van der Waals surface area contributed by atoms with Crippen LogP contribution in [0.25, 0.3) is 0 Å². The molecule has 1 aliphatic carbocycles. The van der Waals surface area contributed by atoms with E-state index < -0.39 is 6.61 Å². The third-order valence-electron chi connectivity index (χ3n) is 2.21. The Morgan fingerprint density at radius 2 is 1.83 bits per heavy atom. The van der Waals surface area contributed by atoms with Crippen LogP contribution >= 0.6 is 0 Å². The molecule has 70 valence electrons.